The van der Waals surface area contributed by atoms with E-state index >= 15 is 0 Å². The van der Waals surface area contributed by atoms with Gasteiger partial charge in [-0.2, -0.15) is 0 Å². The molecule has 0 bridgehead atoms. The van der Waals surface area contributed by atoms with Gasteiger partial charge in [-0.05, 0) is 12.5 Å². The van der Waals surface area contributed by atoms with Crippen molar-refractivity contribution in [3.8, 4) is 0 Å². The Morgan fingerprint density at radius 3 is 2.58 bits per heavy atom. The van der Waals surface area contributed by atoms with Crippen molar-refractivity contribution in [1.82, 2.24) is 0 Å². The van der Waals surface area contributed by atoms with Crippen molar-refractivity contribution < 1.29 is 14.7 Å². The van der Waals surface area contributed by atoms with Crippen molar-refractivity contribution in [2.45, 2.75) is 19.4 Å². The third-order valence-corrected chi connectivity index (χ3v) is 3.37. The number of carboxylic acid groups (broad SMARTS) is 1. The van der Waals surface area contributed by atoms with E-state index in [1.54, 1.807) is 0 Å². The van der Waals surface area contributed by atoms with Crippen molar-refractivity contribution in [3.63, 3.8) is 0 Å². The maximum absolute atomic E-state index is 11.6. The molecular weight excluding hydrogens is 262 g/mol. The van der Waals surface area contributed by atoms with Gasteiger partial charge in [0.25, 0.3) is 0 Å². The Morgan fingerprint density at radius 2 is 2.00 bits per heavy atom. The smallest absolute Gasteiger partial charge is 0.321 e. The Morgan fingerprint density at radius 1 is 1.37 bits per heavy atom. The van der Waals surface area contributed by atoms with Crippen molar-refractivity contribution >= 4 is 28.9 Å². The van der Waals surface area contributed by atoms with Crippen LogP contribution in [0.5, 0.6) is 0 Å². The Labute approximate surface area is 116 Å². The lowest BCUT2D eigenvalue weighted by molar-refractivity contribution is -0.137. The van der Waals surface area contributed by atoms with E-state index in [1.807, 2.05) is 43.3 Å². The normalized spacial score (nSPS) is 13.1. The first kappa shape index (κ1) is 15.5. The van der Waals surface area contributed by atoms with Gasteiger partial charge in [0, 0.05) is 12.2 Å². The van der Waals surface area contributed by atoms with Crippen molar-refractivity contribution in [2.75, 3.05) is 5.75 Å². The summed E-state index contributed by atoms with van der Waals surface area (Å²) >= 11 is 0.966. The summed E-state index contributed by atoms with van der Waals surface area (Å²) in [6, 6.07) is 8.72. The van der Waals surface area contributed by atoms with Crippen molar-refractivity contribution in [1.29, 1.82) is 0 Å². The summed E-state index contributed by atoms with van der Waals surface area (Å²) < 4.78 is 0. The second-order valence-electron chi connectivity index (χ2n) is 4.21. The maximum Gasteiger partial charge on any atom is 0.321 e. The number of nitrogens with two attached hydrogens (primary N) is 1. The van der Waals surface area contributed by atoms with Crippen LogP contribution in [0.1, 0.15) is 18.9 Å². The van der Waals surface area contributed by atoms with Gasteiger partial charge in [-0.3, -0.25) is 9.59 Å². The number of benzene rings is 1. The largest absolute Gasteiger partial charge is 0.480 e. The molecule has 0 aliphatic rings. The van der Waals surface area contributed by atoms with E-state index in [1.165, 1.54) is 0 Å². The molecule has 1 aromatic carbocycles. The highest BCUT2D eigenvalue weighted by molar-refractivity contribution is 8.13. The topological polar surface area (TPSA) is 80.4 Å². The van der Waals surface area contributed by atoms with E-state index in [0.717, 1.165) is 22.9 Å². The number of carbonyl (C=O) groups excluding carboxylic acids is 1. The van der Waals surface area contributed by atoms with Crippen LogP contribution in [0, 0.1) is 0 Å². The first-order chi connectivity index (χ1) is 8.99. The van der Waals surface area contributed by atoms with Gasteiger partial charge in [0.1, 0.15) is 6.04 Å². The van der Waals surface area contributed by atoms with Crippen molar-refractivity contribution in [3.05, 3.63) is 41.5 Å². The summed E-state index contributed by atoms with van der Waals surface area (Å²) in [5.41, 5.74) is 7.31. The molecule has 19 heavy (non-hydrogen) atoms. The van der Waals surface area contributed by atoms with E-state index in [9.17, 15) is 9.59 Å². The molecule has 0 aliphatic heterocycles. The third-order valence-electron chi connectivity index (χ3n) is 2.38. The fraction of sp³-hybridized carbons (Fsp3) is 0.286. The third kappa shape index (κ3) is 6.22. The molecule has 0 aromatic heterocycles. The number of rotatable bonds is 6. The number of aliphatic carboxylic acids is 1. The first-order valence-electron chi connectivity index (χ1n) is 5.85. The number of hydrogen-bond donors (Lipinski definition) is 2. The number of thioether (sulfide) groups is 1. The van der Waals surface area contributed by atoms with Gasteiger partial charge >= 0.3 is 5.97 Å². The molecule has 0 fully saturated rings. The van der Waals surface area contributed by atoms with Gasteiger partial charge in [0.05, 0.1) is 0 Å². The van der Waals surface area contributed by atoms with Crippen LogP contribution in [-0.2, 0) is 9.59 Å². The fourth-order valence-electron chi connectivity index (χ4n) is 1.42. The summed E-state index contributed by atoms with van der Waals surface area (Å²) in [5.74, 6) is -0.982. The monoisotopic (exact) mass is 279 g/mol. The number of allylic oxidation sites excluding steroid dienone is 1. The van der Waals surface area contributed by atoms with Gasteiger partial charge in [-0.15, -0.1) is 0 Å². The number of hydrogen-bond acceptors (Lipinski definition) is 4. The minimum absolute atomic E-state index is 0.0682. The van der Waals surface area contributed by atoms with Gasteiger partial charge < -0.3 is 10.8 Å². The van der Waals surface area contributed by atoms with Crippen LogP contribution in [0.3, 0.4) is 0 Å². The molecule has 0 amide bonds. The van der Waals surface area contributed by atoms with Crippen molar-refractivity contribution in [2.24, 2.45) is 5.73 Å². The van der Waals surface area contributed by atoms with E-state index in [0.29, 0.717) is 6.42 Å². The number of carbonyl (C=O) groups is 2. The highest BCUT2D eigenvalue weighted by atomic mass is 32.2. The zero-order valence-electron chi connectivity index (χ0n) is 10.7. The lowest BCUT2D eigenvalue weighted by Gasteiger charge is -2.05. The maximum atomic E-state index is 11.6. The van der Waals surface area contributed by atoms with Crippen LogP contribution in [0.25, 0.3) is 6.08 Å². The predicted octanol–water partition coefficient (Wildman–Crippen LogP) is 2.15. The molecule has 1 unspecified atom stereocenters. The Kier molecular flexibility index (Phi) is 6.32. The van der Waals surface area contributed by atoms with Gasteiger partial charge in [-0.1, -0.05) is 53.7 Å². The van der Waals surface area contributed by atoms with Crippen LogP contribution < -0.4 is 5.73 Å². The fourth-order valence-corrected chi connectivity index (χ4v) is 2.26. The van der Waals surface area contributed by atoms with Gasteiger partial charge in [-0.25, -0.2) is 0 Å². The van der Waals surface area contributed by atoms with Crippen LogP contribution in [-0.4, -0.2) is 28.0 Å². The molecular formula is C14H17NO3S. The molecule has 0 spiro atoms. The molecule has 0 aliphatic carbocycles. The van der Waals surface area contributed by atoms with E-state index in [-0.39, 0.29) is 10.9 Å². The molecule has 0 saturated heterocycles. The Bertz CT molecular complexity index is 471. The van der Waals surface area contributed by atoms with E-state index in [2.05, 4.69) is 0 Å². The van der Waals surface area contributed by atoms with E-state index in [4.69, 9.17) is 10.8 Å². The molecule has 1 atom stereocenters. The lowest BCUT2D eigenvalue weighted by atomic mass is 10.1. The first-order valence-corrected chi connectivity index (χ1v) is 6.84. The minimum Gasteiger partial charge on any atom is -0.480 e. The second-order valence-corrected chi connectivity index (χ2v) is 5.28. The molecule has 1 aromatic rings. The van der Waals surface area contributed by atoms with E-state index < -0.39 is 12.0 Å². The minimum atomic E-state index is -1.09. The highest BCUT2D eigenvalue weighted by Gasteiger charge is 2.14. The molecule has 102 valence electrons. The van der Waals surface area contributed by atoms with Crippen LogP contribution in [0.2, 0.25) is 0 Å². The second kappa shape index (κ2) is 7.76. The quantitative estimate of drug-likeness (QED) is 0.834. The molecule has 3 N–H and O–H groups in total. The molecule has 0 radical (unpaired) electrons. The summed E-state index contributed by atoms with van der Waals surface area (Å²) in [5, 5.41) is 8.54. The summed E-state index contributed by atoms with van der Waals surface area (Å²) in [4.78, 5) is 22.2. The summed E-state index contributed by atoms with van der Waals surface area (Å²) in [7, 11) is 0. The van der Waals surface area contributed by atoms with Crippen LogP contribution >= 0.6 is 11.8 Å². The summed E-state index contributed by atoms with van der Waals surface area (Å²) in [6.45, 7) is 1.88. The van der Waals surface area contributed by atoms with Gasteiger partial charge in [0.2, 0.25) is 0 Å². The Hall–Kier alpha value is -1.59. The summed E-state index contributed by atoms with van der Waals surface area (Å²) in [6.07, 6.45) is 2.24. The van der Waals surface area contributed by atoms with Crippen LogP contribution in [0.4, 0.5) is 0 Å². The molecule has 0 saturated carbocycles. The zero-order chi connectivity index (χ0) is 14.3. The zero-order valence-corrected chi connectivity index (χ0v) is 11.5. The average Bonchev–Trinajstić information content (AvgIpc) is 2.36. The highest BCUT2D eigenvalue weighted by Crippen LogP contribution is 2.15. The number of carboxylic acids is 1. The molecule has 5 heteroatoms. The molecule has 4 nitrogen and oxygen atoms in total. The van der Waals surface area contributed by atoms with Crippen LogP contribution in [0.15, 0.2) is 35.9 Å². The molecule has 0 heterocycles. The molecule has 1 rings (SSSR count). The Balaban J connectivity index is 2.44. The average molecular weight is 279 g/mol. The standard InChI is InChI=1S/C14H17NO3S/c1-10(7-11-5-3-2-4-6-11)8-13(16)19-9-12(15)14(17)18/h2-7,12H,8-9,15H2,1H3,(H,17,18). The predicted molar refractivity (Wildman–Crippen MR) is 77.8 cm³/mol. The lowest BCUT2D eigenvalue weighted by Crippen LogP contribution is -2.32. The van der Waals surface area contributed by atoms with Gasteiger partial charge in [0.15, 0.2) is 5.12 Å². The SMILES string of the molecule is CC(=Cc1ccccc1)CC(=O)SCC(N)C(=O)O.